The number of para-hydroxylation sites is 1. The van der Waals surface area contributed by atoms with E-state index in [0.29, 0.717) is 21.6 Å². The van der Waals surface area contributed by atoms with Gasteiger partial charge in [0.15, 0.2) is 10.9 Å². The average Bonchev–Trinajstić information content (AvgIpc) is 2.74. The first kappa shape index (κ1) is 21.1. The number of nitrogens with one attached hydrogen (secondary N) is 1. The average molecular weight is 448 g/mol. The number of benzene rings is 2. The summed E-state index contributed by atoms with van der Waals surface area (Å²) in [6.45, 7) is 0. The Kier molecular flexibility index (Phi) is 7.09. The summed E-state index contributed by atoms with van der Waals surface area (Å²) in [7, 11) is 1.27. The lowest BCUT2D eigenvalue weighted by Crippen LogP contribution is -2.17. The van der Waals surface area contributed by atoms with Gasteiger partial charge in [-0.1, -0.05) is 65.3 Å². The first-order chi connectivity index (χ1) is 14.0. The Labute approximate surface area is 181 Å². The van der Waals surface area contributed by atoms with Gasteiger partial charge in [0.2, 0.25) is 0 Å². The molecule has 1 N–H and O–H groups in total. The number of anilines is 1. The summed E-state index contributed by atoms with van der Waals surface area (Å²) < 4.78 is 4.73. The fourth-order valence-corrected chi connectivity index (χ4v) is 3.68. The minimum absolute atomic E-state index is 0.00277. The maximum atomic E-state index is 12.7. The molecule has 3 aromatic rings. The number of carbonyl (C=O) groups excluding carboxylic acids is 2. The molecule has 3 rings (SSSR count). The Bertz CT molecular complexity index is 1060. The third-order valence-corrected chi connectivity index (χ3v) is 5.39. The van der Waals surface area contributed by atoms with E-state index in [4.69, 9.17) is 27.9 Å². The number of hydrogen-bond acceptors (Lipinski definition) is 6. The van der Waals surface area contributed by atoms with Crippen molar-refractivity contribution in [1.82, 2.24) is 9.97 Å². The summed E-state index contributed by atoms with van der Waals surface area (Å²) in [5.74, 6) is -0.591. The molecule has 0 aliphatic carbocycles. The van der Waals surface area contributed by atoms with Crippen molar-refractivity contribution in [1.29, 1.82) is 0 Å². The van der Waals surface area contributed by atoms with E-state index in [0.717, 1.165) is 5.56 Å². The van der Waals surface area contributed by atoms with E-state index in [-0.39, 0.29) is 16.3 Å². The number of carbonyl (C=O) groups is 2. The van der Waals surface area contributed by atoms with E-state index in [1.807, 2.05) is 18.2 Å². The predicted octanol–water partition coefficient (Wildman–Crippen LogP) is 5.11. The molecular weight excluding hydrogens is 433 g/mol. The van der Waals surface area contributed by atoms with Crippen molar-refractivity contribution in [3.8, 4) is 0 Å². The lowest BCUT2D eigenvalue weighted by molar-refractivity contribution is 0.0602. The number of esters is 1. The van der Waals surface area contributed by atoms with Crippen molar-refractivity contribution in [3.05, 3.63) is 81.6 Å². The monoisotopic (exact) mass is 447 g/mol. The minimum Gasteiger partial charge on any atom is -0.465 e. The molecule has 0 atom stereocenters. The molecule has 0 spiro atoms. The molecule has 0 saturated carbocycles. The van der Waals surface area contributed by atoms with E-state index >= 15 is 0 Å². The van der Waals surface area contributed by atoms with Gasteiger partial charge in [-0.2, -0.15) is 0 Å². The van der Waals surface area contributed by atoms with Crippen LogP contribution in [0.25, 0.3) is 0 Å². The van der Waals surface area contributed by atoms with Crippen LogP contribution in [0.4, 0.5) is 5.69 Å². The van der Waals surface area contributed by atoms with E-state index in [9.17, 15) is 9.59 Å². The van der Waals surface area contributed by atoms with Gasteiger partial charge >= 0.3 is 5.97 Å². The molecule has 0 fully saturated rings. The van der Waals surface area contributed by atoms with E-state index in [1.165, 1.54) is 25.1 Å². The van der Waals surface area contributed by atoms with Gasteiger partial charge < -0.3 is 10.1 Å². The number of hydrogen-bond donors (Lipinski definition) is 1. The Morgan fingerprint density at radius 1 is 1.07 bits per heavy atom. The number of amides is 1. The van der Waals surface area contributed by atoms with Gasteiger partial charge in [0.05, 0.1) is 29.6 Å². The van der Waals surface area contributed by atoms with Gasteiger partial charge in [0.25, 0.3) is 5.91 Å². The summed E-state index contributed by atoms with van der Waals surface area (Å²) in [4.78, 5) is 33.0. The lowest BCUT2D eigenvalue weighted by Gasteiger charge is -2.10. The standard InChI is InChI=1S/C20H15Cl2N3O3S/c1-28-19(27)13-7-3-5-9-16(13)24-18(26)17-15(22)10-23-20(25-17)29-11-12-6-2-4-8-14(12)21/h2-10H,11H2,1H3,(H,24,26). The maximum Gasteiger partial charge on any atom is 0.339 e. The molecule has 0 aliphatic rings. The van der Waals surface area contributed by atoms with Crippen molar-refractivity contribution in [2.75, 3.05) is 12.4 Å². The van der Waals surface area contributed by atoms with Crippen molar-refractivity contribution < 1.29 is 14.3 Å². The van der Waals surface area contributed by atoms with Gasteiger partial charge in [-0.15, -0.1) is 0 Å². The first-order valence-electron chi connectivity index (χ1n) is 8.37. The zero-order chi connectivity index (χ0) is 20.8. The van der Waals surface area contributed by atoms with Crippen LogP contribution in [-0.2, 0) is 10.5 Å². The SMILES string of the molecule is COC(=O)c1ccccc1NC(=O)c1nc(SCc2ccccc2Cl)ncc1Cl. The molecule has 2 aromatic carbocycles. The van der Waals surface area contributed by atoms with Crippen LogP contribution in [0.1, 0.15) is 26.4 Å². The number of nitrogens with zero attached hydrogens (tertiary/aromatic N) is 2. The highest BCUT2D eigenvalue weighted by atomic mass is 35.5. The van der Waals surface area contributed by atoms with Crippen LogP contribution in [0.3, 0.4) is 0 Å². The van der Waals surface area contributed by atoms with E-state index in [1.54, 1.807) is 30.3 Å². The predicted molar refractivity (Wildman–Crippen MR) is 114 cm³/mol. The van der Waals surface area contributed by atoms with Gasteiger partial charge in [-0.25, -0.2) is 14.8 Å². The summed E-state index contributed by atoms with van der Waals surface area (Å²) in [6, 6.07) is 13.9. The first-order valence-corrected chi connectivity index (χ1v) is 10.1. The third kappa shape index (κ3) is 5.26. The molecule has 1 amide bonds. The molecule has 1 heterocycles. The van der Waals surface area contributed by atoms with Gasteiger partial charge in [0.1, 0.15) is 0 Å². The Balaban J connectivity index is 1.79. The summed E-state index contributed by atoms with van der Waals surface area (Å²) in [5, 5.41) is 3.77. The molecular formula is C20H15Cl2N3O3S. The lowest BCUT2D eigenvalue weighted by atomic mass is 10.1. The highest BCUT2D eigenvalue weighted by molar-refractivity contribution is 7.98. The van der Waals surface area contributed by atoms with Crippen LogP contribution in [0.15, 0.2) is 59.9 Å². The van der Waals surface area contributed by atoms with Crippen molar-refractivity contribution in [2.24, 2.45) is 0 Å². The van der Waals surface area contributed by atoms with Crippen molar-refractivity contribution in [3.63, 3.8) is 0 Å². The maximum absolute atomic E-state index is 12.7. The zero-order valence-electron chi connectivity index (χ0n) is 15.2. The van der Waals surface area contributed by atoms with Crippen LogP contribution in [-0.4, -0.2) is 29.0 Å². The van der Waals surface area contributed by atoms with E-state index < -0.39 is 11.9 Å². The fourth-order valence-electron chi connectivity index (χ4n) is 2.40. The second-order valence-electron chi connectivity index (χ2n) is 5.72. The topological polar surface area (TPSA) is 81.2 Å². The molecule has 1 aromatic heterocycles. The van der Waals surface area contributed by atoms with Crippen LogP contribution in [0, 0.1) is 0 Å². The highest BCUT2D eigenvalue weighted by Crippen LogP contribution is 2.26. The fraction of sp³-hybridized carbons (Fsp3) is 0.100. The molecule has 0 aliphatic heterocycles. The third-order valence-electron chi connectivity index (χ3n) is 3.83. The highest BCUT2D eigenvalue weighted by Gasteiger charge is 2.18. The Hall–Kier alpha value is -2.61. The quantitative estimate of drug-likeness (QED) is 0.321. The van der Waals surface area contributed by atoms with Crippen LogP contribution < -0.4 is 5.32 Å². The molecule has 0 unspecified atom stereocenters. The number of rotatable bonds is 6. The number of halogens is 2. The molecule has 0 radical (unpaired) electrons. The molecule has 29 heavy (non-hydrogen) atoms. The summed E-state index contributed by atoms with van der Waals surface area (Å²) in [5.41, 5.74) is 1.45. The molecule has 0 saturated heterocycles. The van der Waals surface area contributed by atoms with Gasteiger partial charge in [-0.3, -0.25) is 4.79 Å². The largest absolute Gasteiger partial charge is 0.465 e. The van der Waals surface area contributed by atoms with Crippen molar-refractivity contribution >= 4 is 52.5 Å². The van der Waals surface area contributed by atoms with Crippen LogP contribution in [0.5, 0.6) is 0 Å². The zero-order valence-corrected chi connectivity index (χ0v) is 17.5. The van der Waals surface area contributed by atoms with Gasteiger partial charge in [0, 0.05) is 10.8 Å². The normalized spacial score (nSPS) is 10.4. The number of ether oxygens (including phenoxy) is 1. The smallest absolute Gasteiger partial charge is 0.339 e. The summed E-state index contributed by atoms with van der Waals surface area (Å²) >= 11 is 13.6. The molecule has 0 bridgehead atoms. The number of thioether (sulfide) groups is 1. The van der Waals surface area contributed by atoms with Gasteiger partial charge in [-0.05, 0) is 23.8 Å². The molecule has 9 heteroatoms. The summed E-state index contributed by atoms with van der Waals surface area (Å²) in [6.07, 6.45) is 1.37. The second kappa shape index (κ2) is 9.73. The Morgan fingerprint density at radius 3 is 2.55 bits per heavy atom. The molecule has 148 valence electrons. The second-order valence-corrected chi connectivity index (χ2v) is 7.48. The van der Waals surface area contributed by atoms with Crippen LogP contribution >= 0.6 is 35.0 Å². The minimum atomic E-state index is -0.564. The number of methoxy groups -OCH3 is 1. The Morgan fingerprint density at radius 2 is 1.79 bits per heavy atom. The number of aromatic nitrogens is 2. The van der Waals surface area contributed by atoms with Crippen molar-refractivity contribution in [2.45, 2.75) is 10.9 Å². The van der Waals surface area contributed by atoms with E-state index in [2.05, 4.69) is 15.3 Å². The molecule has 6 nitrogen and oxygen atoms in total. The van der Waals surface area contributed by atoms with Crippen LogP contribution in [0.2, 0.25) is 10.0 Å².